The minimum Gasteiger partial charge on any atom is -0.314 e. The number of nitrogens with zero attached hydrogens (tertiary/aromatic N) is 1. The quantitative estimate of drug-likeness (QED) is 0.804. The van der Waals surface area contributed by atoms with Crippen molar-refractivity contribution < 1.29 is 21.6 Å². The number of sulfonamides is 1. The molecule has 0 aromatic heterocycles. The predicted molar refractivity (Wildman–Crippen MR) is 95.9 cm³/mol. The third-order valence-corrected chi connectivity index (χ3v) is 7.02. The van der Waals surface area contributed by atoms with E-state index >= 15 is 0 Å². The predicted octanol–water partition coefficient (Wildman–Crippen LogP) is 3.59. The molecule has 9 heteroatoms. The normalized spacial score (nSPS) is 20.0. The van der Waals surface area contributed by atoms with Gasteiger partial charge in [0, 0.05) is 19.1 Å². The zero-order valence-corrected chi connectivity index (χ0v) is 16.2. The van der Waals surface area contributed by atoms with Gasteiger partial charge in [0.25, 0.3) is 0 Å². The van der Waals surface area contributed by atoms with Gasteiger partial charge in [-0.3, -0.25) is 0 Å². The van der Waals surface area contributed by atoms with Crippen molar-refractivity contribution in [1.29, 1.82) is 0 Å². The Hall–Kier alpha value is -0.830. The lowest BCUT2D eigenvalue weighted by atomic mass is 10.1. The largest absolute Gasteiger partial charge is 0.416 e. The van der Waals surface area contributed by atoms with Crippen LogP contribution >= 0.6 is 12.4 Å². The first kappa shape index (κ1) is 21.5. The lowest BCUT2D eigenvalue weighted by Crippen LogP contribution is -2.45. The van der Waals surface area contributed by atoms with E-state index < -0.39 is 21.8 Å². The molecule has 1 aliphatic carbocycles. The van der Waals surface area contributed by atoms with Crippen molar-refractivity contribution in [3.8, 4) is 0 Å². The lowest BCUT2D eigenvalue weighted by Gasteiger charge is -2.32. The molecule has 1 saturated heterocycles. The number of hydrogen-bond acceptors (Lipinski definition) is 3. The summed E-state index contributed by atoms with van der Waals surface area (Å²) in [5.41, 5.74) is -0.698. The van der Waals surface area contributed by atoms with Gasteiger partial charge < -0.3 is 5.32 Å². The van der Waals surface area contributed by atoms with Crippen LogP contribution in [-0.4, -0.2) is 38.4 Å². The first-order valence-corrected chi connectivity index (χ1v) is 10.0. The Morgan fingerprint density at radius 3 is 2.27 bits per heavy atom. The van der Waals surface area contributed by atoms with E-state index in [1.807, 2.05) is 0 Å². The zero-order chi connectivity index (χ0) is 18.2. The summed E-state index contributed by atoms with van der Waals surface area (Å²) in [5.74, 6) is 0.775. The number of benzene rings is 1. The maximum atomic E-state index is 12.8. The molecule has 4 nitrogen and oxygen atoms in total. The summed E-state index contributed by atoms with van der Waals surface area (Å²) >= 11 is 0. The highest BCUT2D eigenvalue weighted by atomic mass is 35.5. The Labute approximate surface area is 158 Å². The molecule has 1 saturated carbocycles. The molecule has 1 aromatic carbocycles. The number of piperidine rings is 1. The van der Waals surface area contributed by atoms with Gasteiger partial charge >= 0.3 is 6.18 Å². The minimum atomic E-state index is -4.47. The zero-order valence-electron chi connectivity index (χ0n) is 14.6. The third-order valence-electron chi connectivity index (χ3n) is 4.97. The molecule has 26 heavy (non-hydrogen) atoms. The molecule has 1 aliphatic heterocycles. The fourth-order valence-electron chi connectivity index (χ4n) is 3.21. The van der Waals surface area contributed by atoms with Gasteiger partial charge in [-0.05, 0) is 68.8 Å². The second-order valence-corrected chi connectivity index (χ2v) is 8.91. The number of halogens is 4. The Balaban J connectivity index is 0.00000243. The molecular weight excluding hydrogens is 389 g/mol. The van der Waals surface area contributed by atoms with Gasteiger partial charge in [-0.1, -0.05) is 0 Å². The Morgan fingerprint density at radius 1 is 1.15 bits per heavy atom. The summed E-state index contributed by atoms with van der Waals surface area (Å²) in [6.45, 7) is 3.19. The molecule has 3 rings (SSSR count). The van der Waals surface area contributed by atoms with E-state index in [4.69, 9.17) is 0 Å². The molecule has 1 aromatic rings. The van der Waals surface area contributed by atoms with E-state index in [1.165, 1.54) is 24.1 Å². The maximum Gasteiger partial charge on any atom is 0.416 e. The van der Waals surface area contributed by atoms with Crippen molar-refractivity contribution in [3.05, 3.63) is 29.3 Å². The molecule has 2 fully saturated rings. The van der Waals surface area contributed by atoms with Gasteiger partial charge in [-0.2, -0.15) is 17.5 Å². The van der Waals surface area contributed by atoms with Crippen LogP contribution in [0.5, 0.6) is 0 Å². The SMILES string of the molecule is Cc1cc(C(F)(F)F)ccc1S(=O)(=O)N1CCC(NCC2CC2)CC1.Cl. The van der Waals surface area contributed by atoms with E-state index in [0.29, 0.717) is 19.1 Å². The Morgan fingerprint density at radius 2 is 1.77 bits per heavy atom. The summed E-state index contributed by atoms with van der Waals surface area (Å²) in [6.07, 6.45) is -0.475. The topological polar surface area (TPSA) is 49.4 Å². The summed E-state index contributed by atoms with van der Waals surface area (Å²) in [5, 5.41) is 3.48. The molecule has 2 aliphatic rings. The van der Waals surface area contributed by atoms with E-state index in [9.17, 15) is 21.6 Å². The van der Waals surface area contributed by atoms with Crippen molar-refractivity contribution >= 4 is 22.4 Å². The van der Waals surface area contributed by atoms with E-state index in [0.717, 1.165) is 43.5 Å². The highest BCUT2D eigenvalue weighted by Crippen LogP contribution is 2.33. The van der Waals surface area contributed by atoms with Crippen LogP contribution in [0.4, 0.5) is 13.2 Å². The lowest BCUT2D eigenvalue weighted by molar-refractivity contribution is -0.137. The molecule has 148 valence electrons. The van der Waals surface area contributed by atoms with Gasteiger partial charge in [0.1, 0.15) is 0 Å². The molecule has 0 amide bonds. The number of nitrogens with one attached hydrogen (secondary N) is 1. The number of aryl methyl sites for hydroxylation is 1. The summed E-state index contributed by atoms with van der Waals surface area (Å²) < 4.78 is 65.2. The Kier molecular flexibility index (Phi) is 6.64. The van der Waals surface area contributed by atoms with Crippen LogP contribution < -0.4 is 5.32 Å². The minimum absolute atomic E-state index is 0. The fraction of sp³-hybridized carbons (Fsp3) is 0.647. The molecule has 0 unspecified atom stereocenters. The van der Waals surface area contributed by atoms with Crippen molar-refractivity contribution in [2.45, 2.75) is 49.7 Å². The average Bonchev–Trinajstić information content (AvgIpc) is 3.36. The van der Waals surface area contributed by atoms with Crippen molar-refractivity contribution in [1.82, 2.24) is 9.62 Å². The van der Waals surface area contributed by atoms with Crippen LogP contribution in [0.2, 0.25) is 0 Å². The van der Waals surface area contributed by atoms with Crippen LogP contribution in [-0.2, 0) is 16.2 Å². The molecule has 0 atom stereocenters. The molecule has 1 N–H and O–H groups in total. The second kappa shape index (κ2) is 8.04. The van der Waals surface area contributed by atoms with Gasteiger partial charge in [-0.15, -0.1) is 12.4 Å². The first-order valence-electron chi connectivity index (χ1n) is 8.59. The van der Waals surface area contributed by atoms with Crippen LogP contribution in [0, 0.1) is 12.8 Å². The molecular formula is C17H24ClF3N2O2S. The van der Waals surface area contributed by atoms with E-state index in [1.54, 1.807) is 0 Å². The highest BCUT2D eigenvalue weighted by molar-refractivity contribution is 7.89. The van der Waals surface area contributed by atoms with Crippen molar-refractivity contribution in [2.24, 2.45) is 5.92 Å². The summed E-state index contributed by atoms with van der Waals surface area (Å²) in [6, 6.07) is 3.13. The molecule has 0 bridgehead atoms. The monoisotopic (exact) mass is 412 g/mol. The number of rotatable bonds is 5. The van der Waals surface area contributed by atoms with Crippen molar-refractivity contribution in [3.63, 3.8) is 0 Å². The molecule has 0 radical (unpaired) electrons. The Bertz CT molecular complexity index is 728. The third kappa shape index (κ3) is 4.91. The second-order valence-electron chi connectivity index (χ2n) is 7.01. The average molecular weight is 413 g/mol. The summed E-state index contributed by atoms with van der Waals surface area (Å²) in [4.78, 5) is -0.0371. The molecule has 0 spiro atoms. The van der Waals surface area contributed by atoms with E-state index in [-0.39, 0.29) is 22.9 Å². The van der Waals surface area contributed by atoms with Crippen LogP contribution in [0.1, 0.15) is 36.8 Å². The van der Waals surface area contributed by atoms with Gasteiger partial charge in [0.15, 0.2) is 0 Å². The van der Waals surface area contributed by atoms with Crippen LogP contribution in [0.25, 0.3) is 0 Å². The highest BCUT2D eigenvalue weighted by Gasteiger charge is 2.34. The number of alkyl halides is 3. The molecule has 1 heterocycles. The standard InChI is InChI=1S/C17H23F3N2O2S.ClH/c1-12-10-14(17(18,19)20)4-5-16(12)25(23,24)22-8-6-15(7-9-22)21-11-13-2-3-13;/h4-5,10,13,15,21H,2-3,6-9,11H2,1H3;1H. The summed E-state index contributed by atoms with van der Waals surface area (Å²) in [7, 11) is -3.76. The van der Waals surface area contributed by atoms with Gasteiger partial charge in [0.05, 0.1) is 10.5 Å². The van der Waals surface area contributed by atoms with Crippen LogP contribution in [0.3, 0.4) is 0 Å². The number of hydrogen-bond donors (Lipinski definition) is 1. The van der Waals surface area contributed by atoms with Crippen LogP contribution in [0.15, 0.2) is 23.1 Å². The van der Waals surface area contributed by atoms with E-state index in [2.05, 4.69) is 5.32 Å². The fourth-order valence-corrected chi connectivity index (χ4v) is 4.89. The first-order chi connectivity index (χ1) is 11.7. The van der Waals surface area contributed by atoms with Gasteiger partial charge in [0.2, 0.25) is 10.0 Å². The van der Waals surface area contributed by atoms with Gasteiger partial charge in [-0.25, -0.2) is 8.42 Å². The van der Waals surface area contributed by atoms with Crippen molar-refractivity contribution in [2.75, 3.05) is 19.6 Å². The smallest absolute Gasteiger partial charge is 0.314 e. The maximum absolute atomic E-state index is 12.8.